The maximum Gasteiger partial charge on any atom is 0.326 e. The highest BCUT2D eigenvalue weighted by Gasteiger charge is 2.30. The molecule has 1 heterocycles. The first-order chi connectivity index (χ1) is 11.2. The number of carbonyl (C=O) groups is 1. The minimum Gasteiger partial charge on any atom is -0.504 e. The van der Waals surface area contributed by atoms with Gasteiger partial charge >= 0.3 is 5.97 Å². The number of nitrogens with two attached hydrogens (primary N) is 1. The molecule has 6 N–H and O–H groups in total. The normalized spacial score (nSPS) is 13.4. The predicted octanol–water partition coefficient (Wildman–Crippen LogP) is 0.814. The lowest BCUT2D eigenvalue weighted by atomic mass is 9.94. The lowest BCUT2D eigenvalue weighted by Crippen LogP contribution is -2.48. The van der Waals surface area contributed by atoms with Gasteiger partial charge in [-0.15, -0.1) is 0 Å². The van der Waals surface area contributed by atoms with Crippen LogP contribution < -0.4 is 5.73 Å². The van der Waals surface area contributed by atoms with Crippen LogP contribution in [0.15, 0.2) is 30.3 Å². The highest BCUT2D eigenvalue weighted by atomic mass is 16.5. The highest BCUT2D eigenvalue weighted by molar-refractivity contribution is 5.80. The number of phenols is 2. The van der Waals surface area contributed by atoms with Gasteiger partial charge in [0.15, 0.2) is 23.3 Å². The number of benzene rings is 1. The van der Waals surface area contributed by atoms with Crippen LogP contribution in [-0.4, -0.2) is 43.1 Å². The molecule has 0 saturated heterocycles. The average molecular weight is 336 g/mol. The van der Waals surface area contributed by atoms with Gasteiger partial charge in [-0.1, -0.05) is 6.07 Å². The molecule has 0 fully saturated rings. The van der Waals surface area contributed by atoms with E-state index in [0.717, 1.165) is 0 Å². The Morgan fingerprint density at radius 1 is 1.12 bits per heavy atom. The zero-order valence-corrected chi connectivity index (χ0v) is 13.1. The number of esters is 1. The molecule has 130 valence electrons. The van der Waals surface area contributed by atoms with Crippen molar-refractivity contribution in [2.24, 2.45) is 5.73 Å². The van der Waals surface area contributed by atoms with Crippen LogP contribution in [0.3, 0.4) is 0 Å². The zero-order valence-electron chi connectivity index (χ0n) is 13.1. The molecule has 2 aromatic rings. The molecule has 0 bridgehead atoms. The largest absolute Gasteiger partial charge is 0.504 e. The molecule has 1 atom stereocenters. The lowest BCUT2D eigenvalue weighted by molar-refractivity contribution is -0.149. The Balaban J connectivity index is 1.93. The van der Waals surface area contributed by atoms with Crippen LogP contribution in [0, 0.1) is 0 Å². The van der Waals surface area contributed by atoms with Crippen molar-refractivity contribution in [1.82, 2.24) is 4.57 Å². The fraction of sp³-hybridized carbons (Fsp3) is 0.312. The Kier molecular flexibility index (Phi) is 4.89. The van der Waals surface area contributed by atoms with Gasteiger partial charge in [-0.05, 0) is 24.6 Å². The third-order valence-electron chi connectivity index (χ3n) is 3.56. The van der Waals surface area contributed by atoms with Gasteiger partial charge in [-0.25, -0.2) is 0 Å². The summed E-state index contributed by atoms with van der Waals surface area (Å²) in [5.41, 5.74) is 5.20. The second-order valence-corrected chi connectivity index (χ2v) is 5.75. The standard InChI is InChI=1S/C16H20N2O6/c1-16(17,9-10-2-3-11(19)12(20)8-10)15(23)24-7-6-18-13(21)4-5-14(18)22/h2-5,8,19-22H,6-7,9,17H2,1H3/t16-/m0/s1. The summed E-state index contributed by atoms with van der Waals surface area (Å²) in [6.45, 7) is 1.48. The molecule has 0 radical (unpaired) electrons. The Morgan fingerprint density at radius 3 is 2.33 bits per heavy atom. The van der Waals surface area contributed by atoms with Gasteiger partial charge in [0.05, 0.1) is 6.54 Å². The molecule has 0 spiro atoms. The summed E-state index contributed by atoms with van der Waals surface area (Å²) < 4.78 is 6.28. The molecule has 0 amide bonds. The Morgan fingerprint density at radius 2 is 1.75 bits per heavy atom. The van der Waals surface area contributed by atoms with Crippen LogP contribution >= 0.6 is 0 Å². The molecular weight excluding hydrogens is 316 g/mol. The monoisotopic (exact) mass is 336 g/mol. The molecule has 8 nitrogen and oxygen atoms in total. The van der Waals surface area contributed by atoms with Crippen LogP contribution in [0.1, 0.15) is 12.5 Å². The first kappa shape index (κ1) is 17.5. The molecule has 2 rings (SSSR count). The second-order valence-electron chi connectivity index (χ2n) is 5.75. The fourth-order valence-corrected chi connectivity index (χ4v) is 2.25. The van der Waals surface area contributed by atoms with Crippen molar-refractivity contribution in [3.8, 4) is 23.3 Å². The SMILES string of the molecule is C[C@](N)(Cc1ccc(O)c(O)c1)C(=O)OCCn1c(O)ccc1O. The number of hydrogen-bond acceptors (Lipinski definition) is 7. The molecule has 0 unspecified atom stereocenters. The van der Waals surface area contributed by atoms with E-state index in [0.29, 0.717) is 5.56 Å². The quantitative estimate of drug-likeness (QED) is 0.389. The minimum absolute atomic E-state index is 0.0759. The Labute approximate surface area is 138 Å². The van der Waals surface area contributed by atoms with Crippen molar-refractivity contribution < 1.29 is 30.0 Å². The van der Waals surface area contributed by atoms with Gasteiger partial charge in [-0.3, -0.25) is 9.36 Å². The van der Waals surface area contributed by atoms with Crippen molar-refractivity contribution in [1.29, 1.82) is 0 Å². The minimum atomic E-state index is -1.34. The molecule has 24 heavy (non-hydrogen) atoms. The number of aromatic nitrogens is 1. The maximum atomic E-state index is 12.1. The van der Waals surface area contributed by atoms with Crippen LogP contribution in [0.2, 0.25) is 0 Å². The van der Waals surface area contributed by atoms with E-state index < -0.39 is 11.5 Å². The van der Waals surface area contributed by atoms with Crippen LogP contribution in [0.25, 0.3) is 0 Å². The fourth-order valence-electron chi connectivity index (χ4n) is 2.25. The summed E-state index contributed by atoms with van der Waals surface area (Å²) in [6, 6.07) is 6.82. The summed E-state index contributed by atoms with van der Waals surface area (Å²) in [6.07, 6.45) is 0.0969. The van der Waals surface area contributed by atoms with E-state index in [-0.39, 0.29) is 42.8 Å². The summed E-state index contributed by atoms with van der Waals surface area (Å²) in [7, 11) is 0. The van der Waals surface area contributed by atoms with E-state index in [2.05, 4.69) is 0 Å². The van der Waals surface area contributed by atoms with Crippen LogP contribution in [0.5, 0.6) is 23.3 Å². The van der Waals surface area contributed by atoms with Crippen molar-refractivity contribution in [2.75, 3.05) is 6.61 Å². The average Bonchev–Trinajstić information content (AvgIpc) is 2.82. The van der Waals surface area contributed by atoms with Gasteiger partial charge in [0.2, 0.25) is 0 Å². The Hall–Kier alpha value is -2.87. The third kappa shape index (κ3) is 3.90. The highest BCUT2D eigenvalue weighted by Crippen LogP contribution is 2.26. The van der Waals surface area contributed by atoms with E-state index in [1.54, 1.807) is 6.07 Å². The molecule has 0 saturated carbocycles. The van der Waals surface area contributed by atoms with Gasteiger partial charge in [0, 0.05) is 18.6 Å². The predicted molar refractivity (Wildman–Crippen MR) is 84.8 cm³/mol. The number of carbonyl (C=O) groups excluding carboxylic acids is 1. The molecule has 0 aliphatic carbocycles. The Bertz CT molecular complexity index is 719. The first-order valence-electron chi connectivity index (χ1n) is 7.25. The van der Waals surface area contributed by atoms with E-state index in [1.807, 2.05) is 0 Å². The number of phenolic OH excluding ortho intramolecular Hbond substituents is 2. The topological polar surface area (TPSA) is 138 Å². The smallest absolute Gasteiger partial charge is 0.326 e. The summed E-state index contributed by atoms with van der Waals surface area (Å²) in [4.78, 5) is 12.1. The van der Waals surface area contributed by atoms with Crippen molar-refractivity contribution in [2.45, 2.75) is 25.4 Å². The lowest BCUT2D eigenvalue weighted by Gasteiger charge is -2.23. The van der Waals surface area contributed by atoms with Gasteiger partial charge in [-0.2, -0.15) is 0 Å². The first-order valence-corrected chi connectivity index (χ1v) is 7.25. The van der Waals surface area contributed by atoms with Gasteiger partial charge < -0.3 is 30.9 Å². The molecular formula is C16H20N2O6. The number of ether oxygens (including phenoxy) is 1. The molecule has 1 aromatic heterocycles. The van der Waals surface area contributed by atoms with E-state index in [4.69, 9.17) is 10.5 Å². The van der Waals surface area contributed by atoms with Crippen LogP contribution in [-0.2, 0) is 22.5 Å². The number of hydrogen-bond donors (Lipinski definition) is 5. The number of nitrogens with zero attached hydrogens (tertiary/aromatic N) is 1. The second kappa shape index (κ2) is 6.71. The summed E-state index contributed by atoms with van der Waals surface area (Å²) in [5.74, 6) is -1.50. The zero-order chi connectivity index (χ0) is 17.9. The van der Waals surface area contributed by atoms with Crippen molar-refractivity contribution >= 4 is 5.97 Å². The number of rotatable bonds is 6. The molecule has 1 aromatic carbocycles. The summed E-state index contributed by atoms with van der Waals surface area (Å²) >= 11 is 0. The van der Waals surface area contributed by atoms with E-state index in [1.165, 1.54) is 35.8 Å². The van der Waals surface area contributed by atoms with Crippen molar-refractivity contribution in [3.05, 3.63) is 35.9 Å². The third-order valence-corrected chi connectivity index (χ3v) is 3.56. The van der Waals surface area contributed by atoms with Crippen molar-refractivity contribution in [3.63, 3.8) is 0 Å². The number of aromatic hydroxyl groups is 4. The molecule has 0 aliphatic heterocycles. The van der Waals surface area contributed by atoms with E-state index >= 15 is 0 Å². The van der Waals surface area contributed by atoms with Crippen LogP contribution in [0.4, 0.5) is 0 Å². The molecule has 8 heteroatoms. The van der Waals surface area contributed by atoms with Gasteiger partial charge in [0.1, 0.15) is 12.1 Å². The van der Waals surface area contributed by atoms with E-state index in [9.17, 15) is 25.2 Å². The maximum absolute atomic E-state index is 12.1. The molecule has 0 aliphatic rings. The summed E-state index contributed by atoms with van der Waals surface area (Å²) in [5, 5.41) is 37.8. The van der Waals surface area contributed by atoms with Gasteiger partial charge in [0.25, 0.3) is 0 Å².